The highest BCUT2D eigenvalue weighted by atomic mass is 79.9. The molecule has 0 bridgehead atoms. The molecule has 2 aromatic carbocycles. The van der Waals surface area contributed by atoms with E-state index in [0.29, 0.717) is 19.7 Å². The summed E-state index contributed by atoms with van der Waals surface area (Å²) in [6, 6.07) is 8.71. The van der Waals surface area contributed by atoms with Gasteiger partial charge in [0.05, 0.1) is 20.7 Å². The molecule has 1 saturated heterocycles. The molecular formula is C18H18Br2ClN3O2. The van der Waals surface area contributed by atoms with Gasteiger partial charge >= 0.3 is 0 Å². The Labute approximate surface area is 174 Å². The fourth-order valence-corrected chi connectivity index (χ4v) is 4.35. The van der Waals surface area contributed by atoms with Gasteiger partial charge in [-0.25, -0.2) is 0 Å². The Morgan fingerprint density at radius 3 is 2.50 bits per heavy atom. The van der Waals surface area contributed by atoms with Gasteiger partial charge in [-0.2, -0.15) is 0 Å². The summed E-state index contributed by atoms with van der Waals surface area (Å²) in [6.07, 6.45) is 0. The van der Waals surface area contributed by atoms with Crippen molar-refractivity contribution in [1.29, 1.82) is 0 Å². The average molecular weight is 504 g/mol. The first-order valence-electron chi connectivity index (χ1n) is 8.07. The van der Waals surface area contributed by atoms with E-state index in [1.165, 1.54) is 0 Å². The quantitative estimate of drug-likeness (QED) is 0.644. The first-order chi connectivity index (χ1) is 12.3. The number of amides is 1. The van der Waals surface area contributed by atoms with E-state index in [-0.39, 0.29) is 11.3 Å². The van der Waals surface area contributed by atoms with Crippen molar-refractivity contribution in [1.82, 2.24) is 4.90 Å². The van der Waals surface area contributed by atoms with E-state index in [1.807, 2.05) is 12.1 Å². The molecule has 0 saturated carbocycles. The van der Waals surface area contributed by atoms with Gasteiger partial charge in [0.25, 0.3) is 5.91 Å². The van der Waals surface area contributed by atoms with Crippen molar-refractivity contribution in [2.75, 3.05) is 43.4 Å². The number of hydrogen-bond donors (Lipinski definition) is 2. The van der Waals surface area contributed by atoms with Gasteiger partial charge in [-0.1, -0.05) is 27.5 Å². The predicted octanol–water partition coefficient (Wildman–Crippen LogP) is 4.57. The Morgan fingerprint density at radius 1 is 1.15 bits per heavy atom. The number of carbonyl (C=O) groups excluding carboxylic acids is 1. The van der Waals surface area contributed by atoms with Crippen molar-refractivity contribution in [3.05, 3.63) is 49.9 Å². The number of halogens is 3. The Kier molecular flexibility index (Phi) is 6.12. The summed E-state index contributed by atoms with van der Waals surface area (Å²) in [4.78, 5) is 17.0. The van der Waals surface area contributed by atoms with E-state index >= 15 is 0 Å². The summed E-state index contributed by atoms with van der Waals surface area (Å²) in [5.41, 5.74) is 1.71. The third-order valence-electron chi connectivity index (χ3n) is 4.32. The molecular weight excluding hydrogens is 485 g/mol. The highest BCUT2D eigenvalue weighted by Crippen LogP contribution is 2.33. The van der Waals surface area contributed by atoms with Gasteiger partial charge in [0.2, 0.25) is 0 Å². The van der Waals surface area contributed by atoms with Crippen LogP contribution in [-0.4, -0.2) is 49.1 Å². The van der Waals surface area contributed by atoms with Crippen molar-refractivity contribution in [2.24, 2.45) is 0 Å². The van der Waals surface area contributed by atoms with Gasteiger partial charge < -0.3 is 20.2 Å². The molecule has 8 heteroatoms. The maximum absolute atomic E-state index is 12.5. The third-order valence-corrected chi connectivity index (χ3v) is 5.69. The molecule has 0 atom stereocenters. The number of anilines is 2. The van der Waals surface area contributed by atoms with E-state index in [1.54, 1.807) is 18.2 Å². The first-order valence-corrected chi connectivity index (χ1v) is 10.0. The molecule has 1 aliphatic heterocycles. The van der Waals surface area contributed by atoms with Crippen molar-refractivity contribution in [2.45, 2.75) is 0 Å². The van der Waals surface area contributed by atoms with Gasteiger partial charge in [0.1, 0.15) is 5.75 Å². The number of nitrogens with zero attached hydrogens (tertiary/aromatic N) is 2. The smallest absolute Gasteiger partial charge is 0.259 e. The van der Waals surface area contributed by atoms with Gasteiger partial charge in [-0.05, 0) is 53.3 Å². The van der Waals surface area contributed by atoms with Crippen molar-refractivity contribution < 1.29 is 9.90 Å². The Hall–Kier alpha value is -1.28. The van der Waals surface area contributed by atoms with Crippen LogP contribution in [0.4, 0.5) is 11.4 Å². The van der Waals surface area contributed by atoms with E-state index in [4.69, 9.17) is 11.6 Å². The highest BCUT2D eigenvalue weighted by molar-refractivity contribution is 9.11. The molecule has 0 radical (unpaired) electrons. The molecule has 1 heterocycles. The van der Waals surface area contributed by atoms with Crippen LogP contribution in [0.3, 0.4) is 0 Å². The van der Waals surface area contributed by atoms with Gasteiger partial charge in [-0.15, -0.1) is 0 Å². The number of phenols is 1. The molecule has 0 aromatic heterocycles. The molecule has 5 nitrogen and oxygen atoms in total. The number of rotatable bonds is 3. The summed E-state index contributed by atoms with van der Waals surface area (Å²) in [7, 11) is 2.10. The number of nitrogens with one attached hydrogen (secondary N) is 1. The topological polar surface area (TPSA) is 55.8 Å². The van der Waals surface area contributed by atoms with E-state index < -0.39 is 5.91 Å². The molecule has 0 spiro atoms. The second-order valence-electron chi connectivity index (χ2n) is 6.19. The zero-order valence-corrected chi connectivity index (χ0v) is 18.0. The van der Waals surface area contributed by atoms with Crippen LogP contribution in [-0.2, 0) is 0 Å². The van der Waals surface area contributed by atoms with Crippen LogP contribution < -0.4 is 10.2 Å². The molecule has 2 N–H and O–H groups in total. The van der Waals surface area contributed by atoms with Gasteiger partial charge in [-0.3, -0.25) is 4.79 Å². The molecule has 1 fully saturated rings. The predicted molar refractivity (Wildman–Crippen MR) is 113 cm³/mol. The minimum atomic E-state index is -0.409. The van der Waals surface area contributed by atoms with Crippen molar-refractivity contribution >= 4 is 60.7 Å². The molecule has 3 rings (SSSR count). The van der Waals surface area contributed by atoms with Crippen LogP contribution >= 0.6 is 43.5 Å². The van der Waals surface area contributed by atoms with Crippen LogP contribution in [0.2, 0.25) is 5.02 Å². The number of hydrogen-bond acceptors (Lipinski definition) is 4. The SMILES string of the molecule is CN1CCN(c2ccc(NC(=O)c3cc(Br)cc(Br)c3O)cc2Cl)CC1. The van der Waals surface area contributed by atoms with Crippen LogP contribution in [0.15, 0.2) is 39.3 Å². The second-order valence-corrected chi connectivity index (χ2v) is 8.37. The zero-order chi connectivity index (χ0) is 18.8. The van der Waals surface area contributed by atoms with Gasteiger partial charge in [0.15, 0.2) is 0 Å². The minimum Gasteiger partial charge on any atom is -0.506 e. The van der Waals surface area contributed by atoms with E-state index in [2.05, 4.69) is 54.0 Å². The van der Waals surface area contributed by atoms with Crippen LogP contribution in [0.1, 0.15) is 10.4 Å². The molecule has 138 valence electrons. The minimum absolute atomic E-state index is 0.106. The number of benzene rings is 2. The van der Waals surface area contributed by atoms with E-state index in [0.717, 1.165) is 31.9 Å². The van der Waals surface area contributed by atoms with E-state index in [9.17, 15) is 9.90 Å². The molecule has 1 amide bonds. The lowest BCUT2D eigenvalue weighted by atomic mass is 10.1. The maximum Gasteiger partial charge on any atom is 0.259 e. The zero-order valence-electron chi connectivity index (χ0n) is 14.1. The monoisotopic (exact) mass is 501 g/mol. The maximum atomic E-state index is 12.5. The number of piperazine rings is 1. The van der Waals surface area contributed by atoms with Crippen molar-refractivity contribution in [3.8, 4) is 5.75 Å². The van der Waals surface area contributed by atoms with Gasteiger partial charge in [0, 0.05) is 36.3 Å². The van der Waals surface area contributed by atoms with Crippen LogP contribution in [0.5, 0.6) is 5.75 Å². The standard InChI is InChI=1S/C18H18Br2ClN3O2/c1-23-4-6-24(7-5-23)16-3-2-12(10-15(16)21)22-18(26)13-8-11(19)9-14(20)17(13)25/h2-3,8-10,25H,4-7H2,1H3,(H,22,26). The molecule has 26 heavy (non-hydrogen) atoms. The summed E-state index contributed by atoms with van der Waals surface area (Å²) in [6.45, 7) is 3.82. The molecule has 0 unspecified atom stereocenters. The number of phenolic OH excluding ortho intramolecular Hbond substituents is 1. The van der Waals surface area contributed by atoms with Crippen LogP contribution in [0, 0.1) is 0 Å². The highest BCUT2D eigenvalue weighted by Gasteiger charge is 2.18. The first kappa shape index (κ1) is 19.5. The molecule has 2 aromatic rings. The number of carbonyl (C=O) groups is 1. The molecule has 0 aliphatic carbocycles. The summed E-state index contributed by atoms with van der Waals surface area (Å²) in [5, 5.41) is 13.5. The fourth-order valence-electron chi connectivity index (χ4n) is 2.83. The lowest BCUT2D eigenvalue weighted by Crippen LogP contribution is -2.44. The average Bonchev–Trinajstić information content (AvgIpc) is 2.59. The lowest BCUT2D eigenvalue weighted by Gasteiger charge is -2.34. The second kappa shape index (κ2) is 8.17. The normalized spacial score (nSPS) is 15.2. The lowest BCUT2D eigenvalue weighted by molar-refractivity contribution is 0.102. The van der Waals surface area contributed by atoms with Crippen LogP contribution in [0.25, 0.3) is 0 Å². The Morgan fingerprint density at radius 2 is 1.85 bits per heavy atom. The van der Waals surface area contributed by atoms with Crippen molar-refractivity contribution in [3.63, 3.8) is 0 Å². The largest absolute Gasteiger partial charge is 0.506 e. The Balaban J connectivity index is 1.77. The summed E-state index contributed by atoms with van der Waals surface area (Å²) >= 11 is 13.0. The Bertz CT molecular complexity index is 839. The fraction of sp³-hybridized carbons (Fsp3) is 0.278. The third kappa shape index (κ3) is 4.34. The summed E-state index contributed by atoms with van der Waals surface area (Å²) in [5.74, 6) is -0.515. The summed E-state index contributed by atoms with van der Waals surface area (Å²) < 4.78 is 1.14. The number of aromatic hydroxyl groups is 1. The molecule has 1 aliphatic rings. The number of likely N-dealkylation sites (N-methyl/N-ethyl adjacent to an activating group) is 1.